The van der Waals surface area contributed by atoms with Crippen LogP contribution in [0.3, 0.4) is 0 Å². The molecule has 1 saturated heterocycles. The number of para-hydroxylation sites is 2. The molecule has 1 heterocycles. The standard InChI is InChI=1S/C23H30FN3O2S/c1-2-29-22-10-4-3-9-21(22)25-23(30)27(18-19-7-5-8-20(24)17-19)12-6-11-26-13-15-28-16-14-26/h3-5,7-10,17H,2,6,11-16,18H2,1H3,(H,25,30). The predicted octanol–water partition coefficient (Wildman–Crippen LogP) is 4.15. The van der Waals surface area contributed by atoms with E-state index in [9.17, 15) is 4.39 Å². The monoisotopic (exact) mass is 431 g/mol. The van der Waals surface area contributed by atoms with Crippen LogP contribution in [0.1, 0.15) is 18.9 Å². The summed E-state index contributed by atoms with van der Waals surface area (Å²) in [7, 11) is 0. The van der Waals surface area contributed by atoms with Crippen LogP contribution in [0, 0.1) is 5.82 Å². The van der Waals surface area contributed by atoms with Gasteiger partial charge in [-0.1, -0.05) is 24.3 Å². The first-order valence-corrected chi connectivity index (χ1v) is 10.9. The minimum absolute atomic E-state index is 0.235. The van der Waals surface area contributed by atoms with E-state index in [-0.39, 0.29) is 5.82 Å². The van der Waals surface area contributed by atoms with Crippen molar-refractivity contribution in [2.75, 3.05) is 51.3 Å². The molecule has 1 aliphatic heterocycles. The normalized spacial score (nSPS) is 14.3. The quantitative estimate of drug-likeness (QED) is 0.602. The van der Waals surface area contributed by atoms with E-state index in [1.165, 1.54) is 6.07 Å². The molecule has 0 amide bonds. The first-order valence-electron chi connectivity index (χ1n) is 10.5. The van der Waals surface area contributed by atoms with Gasteiger partial charge in [0.2, 0.25) is 0 Å². The van der Waals surface area contributed by atoms with Crippen LogP contribution in [0.25, 0.3) is 0 Å². The van der Waals surface area contributed by atoms with E-state index in [0.717, 1.165) is 62.8 Å². The van der Waals surface area contributed by atoms with Gasteiger partial charge in [0.25, 0.3) is 0 Å². The van der Waals surface area contributed by atoms with Crippen LogP contribution >= 0.6 is 12.2 Å². The second-order valence-electron chi connectivity index (χ2n) is 7.22. The topological polar surface area (TPSA) is 37.0 Å². The van der Waals surface area contributed by atoms with Gasteiger partial charge in [-0.25, -0.2) is 4.39 Å². The van der Waals surface area contributed by atoms with Gasteiger partial charge in [0.05, 0.1) is 25.5 Å². The molecule has 0 unspecified atom stereocenters. The zero-order valence-electron chi connectivity index (χ0n) is 17.5. The first-order chi connectivity index (χ1) is 14.7. The second-order valence-corrected chi connectivity index (χ2v) is 7.61. The lowest BCUT2D eigenvalue weighted by molar-refractivity contribution is 0.0368. The Labute approximate surface area is 183 Å². The van der Waals surface area contributed by atoms with Crippen molar-refractivity contribution in [3.05, 3.63) is 59.9 Å². The van der Waals surface area contributed by atoms with Crippen LogP contribution < -0.4 is 10.1 Å². The van der Waals surface area contributed by atoms with Gasteiger partial charge in [-0.15, -0.1) is 0 Å². The Bertz CT molecular complexity index is 815. The van der Waals surface area contributed by atoms with Gasteiger partial charge in [0, 0.05) is 32.7 Å². The van der Waals surface area contributed by atoms with Crippen LogP contribution in [0.4, 0.5) is 10.1 Å². The fourth-order valence-electron chi connectivity index (χ4n) is 3.46. The third-order valence-corrected chi connectivity index (χ3v) is 5.34. The average Bonchev–Trinajstić information content (AvgIpc) is 2.75. The molecule has 3 rings (SSSR count). The molecule has 5 nitrogen and oxygen atoms in total. The fraction of sp³-hybridized carbons (Fsp3) is 0.435. The lowest BCUT2D eigenvalue weighted by atomic mass is 10.2. The largest absolute Gasteiger partial charge is 0.492 e. The number of rotatable bonds is 9. The average molecular weight is 432 g/mol. The molecule has 1 aliphatic rings. The maximum Gasteiger partial charge on any atom is 0.173 e. The van der Waals surface area contributed by atoms with Gasteiger partial charge < -0.3 is 19.7 Å². The number of benzene rings is 2. The van der Waals surface area contributed by atoms with Crippen LogP contribution in [0.15, 0.2) is 48.5 Å². The molecule has 2 aromatic carbocycles. The molecular weight excluding hydrogens is 401 g/mol. The number of nitrogens with one attached hydrogen (secondary N) is 1. The highest BCUT2D eigenvalue weighted by atomic mass is 32.1. The van der Waals surface area contributed by atoms with Gasteiger partial charge in [-0.2, -0.15) is 0 Å². The molecule has 2 aromatic rings. The molecule has 0 atom stereocenters. The highest BCUT2D eigenvalue weighted by molar-refractivity contribution is 7.80. The van der Waals surface area contributed by atoms with E-state index < -0.39 is 0 Å². The van der Waals surface area contributed by atoms with E-state index in [4.69, 9.17) is 21.7 Å². The van der Waals surface area contributed by atoms with E-state index in [2.05, 4.69) is 15.1 Å². The molecule has 0 aromatic heterocycles. The van der Waals surface area contributed by atoms with Crippen molar-refractivity contribution in [3.8, 4) is 5.75 Å². The van der Waals surface area contributed by atoms with E-state index in [1.54, 1.807) is 12.1 Å². The lowest BCUT2D eigenvalue weighted by Crippen LogP contribution is -2.40. The summed E-state index contributed by atoms with van der Waals surface area (Å²) in [4.78, 5) is 4.50. The van der Waals surface area contributed by atoms with Crippen molar-refractivity contribution >= 4 is 23.0 Å². The van der Waals surface area contributed by atoms with Gasteiger partial charge in [-0.3, -0.25) is 4.90 Å². The molecule has 30 heavy (non-hydrogen) atoms. The third-order valence-electron chi connectivity index (χ3n) is 4.98. The van der Waals surface area contributed by atoms with Gasteiger partial charge in [-0.05, 0) is 55.4 Å². The van der Waals surface area contributed by atoms with Crippen molar-refractivity contribution in [2.24, 2.45) is 0 Å². The zero-order valence-corrected chi connectivity index (χ0v) is 18.3. The summed E-state index contributed by atoms with van der Waals surface area (Å²) >= 11 is 5.73. The van der Waals surface area contributed by atoms with Gasteiger partial charge in [0.1, 0.15) is 11.6 Å². The van der Waals surface area contributed by atoms with E-state index in [1.807, 2.05) is 37.3 Å². The molecule has 7 heteroatoms. The Morgan fingerprint density at radius 2 is 2.00 bits per heavy atom. The van der Waals surface area contributed by atoms with Crippen LogP contribution in [0.5, 0.6) is 5.75 Å². The van der Waals surface area contributed by atoms with E-state index in [0.29, 0.717) is 18.3 Å². The van der Waals surface area contributed by atoms with Gasteiger partial charge in [0.15, 0.2) is 5.11 Å². The summed E-state index contributed by atoms with van der Waals surface area (Å²) in [6, 6.07) is 14.4. The minimum atomic E-state index is -0.235. The van der Waals surface area contributed by atoms with Crippen molar-refractivity contribution in [1.29, 1.82) is 0 Å². The predicted molar refractivity (Wildman–Crippen MR) is 123 cm³/mol. The van der Waals surface area contributed by atoms with Crippen molar-refractivity contribution in [3.63, 3.8) is 0 Å². The second kappa shape index (κ2) is 11.8. The summed E-state index contributed by atoms with van der Waals surface area (Å²) in [6.07, 6.45) is 0.963. The SMILES string of the molecule is CCOc1ccccc1NC(=S)N(CCCN1CCOCC1)Cc1cccc(F)c1. The Balaban J connectivity index is 1.66. The number of morpholine rings is 1. The molecule has 0 aliphatic carbocycles. The molecular formula is C23H30FN3O2S. The van der Waals surface area contributed by atoms with E-state index >= 15 is 0 Å². The highest BCUT2D eigenvalue weighted by Crippen LogP contribution is 2.24. The highest BCUT2D eigenvalue weighted by Gasteiger charge is 2.15. The summed E-state index contributed by atoms with van der Waals surface area (Å²) in [5.41, 5.74) is 1.73. The Kier molecular flexibility index (Phi) is 8.86. The summed E-state index contributed by atoms with van der Waals surface area (Å²) in [6.45, 7) is 8.36. The molecule has 1 N–H and O–H groups in total. The van der Waals surface area contributed by atoms with Crippen molar-refractivity contribution < 1.29 is 13.9 Å². The summed E-state index contributed by atoms with van der Waals surface area (Å²) in [5, 5.41) is 3.93. The van der Waals surface area contributed by atoms with Gasteiger partial charge >= 0.3 is 0 Å². The Hall–Kier alpha value is -2.22. The molecule has 0 saturated carbocycles. The number of ether oxygens (including phenoxy) is 2. The number of nitrogens with zero attached hydrogens (tertiary/aromatic N) is 2. The number of hydrogen-bond acceptors (Lipinski definition) is 4. The summed E-state index contributed by atoms with van der Waals surface area (Å²) in [5.74, 6) is 0.530. The minimum Gasteiger partial charge on any atom is -0.492 e. The molecule has 0 radical (unpaired) electrons. The number of thiocarbonyl (C=S) groups is 1. The molecule has 0 spiro atoms. The lowest BCUT2D eigenvalue weighted by Gasteiger charge is -2.30. The van der Waals surface area contributed by atoms with Crippen LogP contribution in [0.2, 0.25) is 0 Å². The molecule has 1 fully saturated rings. The first kappa shape index (κ1) is 22.5. The zero-order chi connectivity index (χ0) is 21.2. The maximum absolute atomic E-state index is 13.7. The van der Waals surface area contributed by atoms with Crippen LogP contribution in [-0.2, 0) is 11.3 Å². The van der Waals surface area contributed by atoms with Crippen molar-refractivity contribution in [1.82, 2.24) is 9.80 Å². The number of halogens is 1. The maximum atomic E-state index is 13.7. The fourth-order valence-corrected chi connectivity index (χ4v) is 3.73. The third kappa shape index (κ3) is 6.93. The molecule has 0 bridgehead atoms. The van der Waals surface area contributed by atoms with Crippen LogP contribution in [-0.4, -0.2) is 60.9 Å². The smallest absolute Gasteiger partial charge is 0.173 e. The number of anilines is 1. The Morgan fingerprint density at radius 1 is 1.20 bits per heavy atom. The number of hydrogen-bond donors (Lipinski definition) is 1. The van der Waals surface area contributed by atoms with Crippen molar-refractivity contribution in [2.45, 2.75) is 19.9 Å². The molecule has 162 valence electrons. The summed E-state index contributed by atoms with van der Waals surface area (Å²) < 4.78 is 24.8. The Morgan fingerprint density at radius 3 is 2.77 bits per heavy atom.